The van der Waals surface area contributed by atoms with Gasteiger partial charge in [-0.1, -0.05) is 111 Å². The number of hydrogen-bond acceptors (Lipinski definition) is 18. The third kappa shape index (κ3) is 20.7. The third-order valence-corrected chi connectivity index (χ3v) is 20.8. The molecular weight excluding hydrogens is 1290 g/mol. The second-order valence-electron chi connectivity index (χ2n) is 27.8. The van der Waals surface area contributed by atoms with Crippen molar-refractivity contribution in [3.63, 3.8) is 0 Å². The van der Waals surface area contributed by atoms with Crippen molar-refractivity contribution in [2.45, 2.75) is 118 Å². The lowest BCUT2D eigenvalue weighted by Crippen LogP contribution is -2.50. The fourth-order valence-corrected chi connectivity index (χ4v) is 14.4. The molecule has 24 heteroatoms. The molecule has 0 atom stereocenters. The maximum absolute atomic E-state index is 13.4. The van der Waals surface area contributed by atoms with Gasteiger partial charge in [-0.05, 0) is 126 Å². The van der Waals surface area contributed by atoms with Gasteiger partial charge in [-0.25, -0.2) is 18.7 Å². The van der Waals surface area contributed by atoms with E-state index >= 15 is 0 Å². The van der Waals surface area contributed by atoms with Gasteiger partial charge in [-0.3, -0.25) is 19.2 Å². The Morgan fingerprint density at radius 1 is 0.441 bits per heavy atom. The zero-order chi connectivity index (χ0) is 71.2. The van der Waals surface area contributed by atoms with Crippen LogP contribution < -0.4 is 20.4 Å². The Kier molecular flexibility index (Phi) is 27.2. The number of piperazine rings is 4. The van der Waals surface area contributed by atoms with Crippen molar-refractivity contribution in [3.8, 4) is 0 Å². The molecule has 4 saturated heterocycles. The smallest absolute Gasteiger partial charge is 0.227 e. The quantitative estimate of drug-likeness (QED) is 0.0605. The molecule has 14 rings (SSSR count). The number of halogens is 2. The highest BCUT2D eigenvalue weighted by Gasteiger charge is 2.33. The number of aromatic nitrogens is 8. The summed E-state index contributed by atoms with van der Waals surface area (Å²) in [5.41, 5.74) is 9.17. The summed E-state index contributed by atoms with van der Waals surface area (Å²) >= 11 is 0. The number of nitrogens with one attached hydrogen (secondary N) is 2. The van der Waals surface area contributed by atoms with Crippen LogP contribution in [0, 0.1) is 37.3 Å². The van der Waals surface area contributed by atoms with Gasteiger partial charge in [-0.2, -0.15) is 19.9 Å². The van der Waals surface area contributed by atoms with E-state index in [1.54, 1.807) is 12.1 Å². The highest BCUT2D eigenvalue weighted by molar-refractivity contribution is 5.87. The molecule has 0 radical (unpaired) electrons. The van der Waals surface area contributed by atoms with E-state index in [2.05, 4.69) is 99.1 Å². The first-order chi connectivity index (χ1) is 49.8. The van der Waals surface area contributed by atoms with Crippen molar-refractivity contribution in [3.05, 3.63) is 155 Å². The molecule has 22 nitrogen and oxygen atoms in total. The van der Waals surface area contributed by atoms with Gasteiger partial charge in [-0.15, -0.1) is 0 Å². The summed E-state index contributed by atoms with van der Waals surface area (Å²) in [6.45, 7) is 30.8. The number of fused-ring (bicyclic) bond motifs is 2. The number of imidazole rings is 2. The Hall–Kier alpha value is -8.84. The van der Waals surface area contributed by atoms with Crippen LogP contribution in [-0.2, 0) is 35.8 Å². The number of aryl methyl sites for hydroxylation is 4. The van der Waals surface area contributed by atoms with Crippen molar-refractivity contribution in [1.29, 1.82) is 0 Å². The molecule has 8 aromatic rings. The standard InChI is InChI=1S/C32H47N9O.C31H44FN9O.C8H8O.C7H5FO/c1-3-37-15-17-38(18-16-37)13-6-14-41-24-34-28-29(39-19-21-40(22-20-39)31(42)27-7-4-5-8-27)35-32(36-30(28)41)33-23-26-11-9-25(2)10-12-26;1-2-37-14-16-38(17-15-37)12-5-13-41-23-34-27-28(39-18-20-40(21-19-39)30(42)25-6-3-4-7-25)35-31(36-29(27)41)33-22-24-8-10-26(32)11-9-24;1-7-2-4-8(6-9)5-3-7;8-7-3-1-6(5-9)2-4-7/h9-12,24,27H,3-8,13-23H2,1-2H3,(H,33,35,36);8-11,23,25H,2-7,12-22H2,1H3,(H,33,35,36);2-6H,1H3;1-5H. The van der Waals surface area contributed by atoms with Crippen LogP contribution in [0.1, 0.15) is 121 Å². The number of carbonyl (C=O) groups excluding carboxylic acids is 4. The number of benzene rings is 4. The maximum Gasteiger partial charge on any atom is 0.227 e. The monoisotopic (exact) mass is 1390 g/mol. The summed E-state index contributed by atoms with van der Waals surface area (Å²) in [7, 11) is 0. The van der Waals surface area contributed by atoms with Crippen molar-refractivity contribution < 1.29 is 28.0 Å². The van der Waals surface area contributed by atoms with Crippen LogP contribution in [-0.4, -0.2) is 224 Å². The van der Waals surface area contributed by atoms with Crippen LogP contribution in [0.5, 0.6) is 0 Å². The van der Waals surface area contributed by atoms with Crippen LogP contribution >= 0.6 is 0 Å². The lowest BCUT2D eigenvalue weighted by Gasteiger charge is -2.36. The molecule has 2 aliphatic carbocycles. The van der Waals surface area contributed by atoms with E-state index in [0.29, 0.717) is 61.7 Å². The SMILES string of the molecule is CCN1CCN(CCCn2cnc3c(N4CCN(C(=O)C5CCCC5)CC4)nc(NCc4ccc(C)cc4)nc32)CC1.CCN1CCN(CCCn2cnc3c(N4CCN(C(=O)C5CCCC5)CC4)nc(NCc4ccc(F)cc4)nc32)CC1.Cc1ccc(C=O)cc1.O=Cc1ccc(F)cc1. The first kappa shape index (κ1) is 74.4. The summed E-state index contributed by atoms with van der Waals surface area (Å²) in [5, 5.41) is 6.84. The maximum atomic E-state index is 13.4. The minimum Gasteiger partial charge on any atom is -0.351 e. The molecule has 2 saturated carbocycles. The number of likely N-dealkylation sites (N-methyl/N-ethyl adjacent to an activating group) is 2. The first-order valence-electron chi connectivity index (χ1n) is 37.2. The molecule has 102 heavy (non-hydrogen) atoms. The second kappa shape index (κ2) is 37.4. The van der Waals surface area contributed by atoms with Crippen molar-refractivity contribution in [2.24, 2.45) is 11.8 Å². The van der Waals surface area contributed by atoms with Crippen LogP contribution in [0.15, 0.2) is 110 Å². The van der Waals surface area contributed by atoms with E-state index < -0.39 is 0 Å². The topological polar surface area (TPSA) is 205 Å². The van der Waals surface area contributed by atoms with Gasteiger partial charge in [0.2, 0.25) is 23.7 Å². The zero-order valence-electron chi connectivity index (χ0n) is 60.3. The number of rotatable bonds is 22. The van der Waals surface area contributed by atoms with Crippen molar-refractivity contribution in [1.82, 2.24) is 68.4 Å². The van der Waals surface area contributed by atoms with Crippen LogP contribution in [0.4, 0.5) is 32.3 Å². The van der Waals surface area contributed by atoms with E-state index in [9.17, 15) is 28.0 Å². The Morgan fingerprint density at radius 3 is 1.16 bits per heavy atom. The van der Waals surface area contributed by atoms with Gasteiger partial charge < -0.3 is 59.0 Å². The normalized spacial score (nSPS) is 17.4. The fourth-order valence-electron chi connectivity index (χ4n) is 14.4. The lowest BCUT2D eigenvalue weighted by atomic mass is 10.1. The first-order valence-corrected chi connectivity index (χ1v) is 37.2. The molecule has 4 aliphatic heterocycles. The molecule has 0 spiro atoms. The Morgan fingerprint density at radius 2 is 0.784 bits per heavy atom. The summed E-state index contributed by atoms with van der Waals surface area (Å²) in [4.78, 5) is 94.4. The van der Waals surface area contributed by atoms with Crippen molar-refractivity contribution >= 4 is 70.2 Å². The summed E-state index contributed by atoms with van der Waals surface area (Å²) in [6, 6.07) is 27.9. The molecule has 8 heterocycles. The van der Waals surface area contributed by atoms with E-state index in [-0.39, 0.29) is 23.5 Å². The van der Waals surface area contributed by atoms with Gasteiger partial charge >= 0.3 is 0 Å². The number of nitrogens with zero attached hydrogens (tertiary/aromatic N) is 16. The molecule has 2 N–H and O–H groups in total. The van der Waals surface area contributed by atoms with E-state index in [4.69, 9.17) is 29.9 Å². The molecule has 2 amide bonds. The average molecular weight is 1400 g/mol. The van der Waals surface area contributed by atoms with Crippen LogP contribution in [0.2, 0.25) is 0 Å². The molecule has 4 aromatic heterocycles. The van der Waals surface area contributed by atoms with Crippen molar-refractivity contribution in [2.75, 3.05) is 151 Å². The minimum atomic E-state index is -0.319. The molecule has 0 unspecified atom stereocenters. The number of amides is 2. The average Bonchev–Trinajstić information content (AvgIpc) is 1.59. The van der Waals surface area contributed by atoms with Gasteiger partial charge in [0.05, 0.1) is 12.7 Å². The molecule has 6 aliphatic rings. The largest absolute Gasteiger partial charge is 0.351 e. The Bertz CT molecular complexity index is 3670. The molecular formula is C78H104F2N18O4. The third-order valence-electron chi connectivity index (χ3n) is 20.8. The van der Waals surface area contributed by atoms with Crippen LogP contribution in [0.25, 0.3) is 22.3 Å². The molecule has 4 aromatic carbocycles. The van der Waals surface area contributed by atoms with Crippen LogP contribution in [0.3, 0.4) is 0 Å². The highest BCUT2D eigenvalue weighted by atomic mass is 19.1. The minimum absolute atomic E-state index is 0.204. The second-order valence-corrected chi connectivity index (χ2v) is 27.8. The number of aldehydes is 2. The number of carbonyl (C=O) groups is 4. The Balaban J connectivity index is 0.000000164. The van der Waals surface area contributed by atoms with Gasteiger partial charge in [0.15, 0.2) is 34.0 Å². The molecule has 0 bridgehead atoms. The molecule has 6 fully saturated rings. The summed E-state index contributed by atoms with van der Waals surface area (Å²) < 4.78 is 29.9. The summed E-state index contributed by atoms with van der Waals surface area (Å²) in [5.74, 6) is 3.37. The lowest BCUT2D eigenvalue weighted by molar-refractivity contribution is -0.136. The van der Waals surface area contributed by atoms with E-state index in [1.807, 2.05) is 48.7 Å². The number of anilines is 4. The van der Waals surface area contributed by atoms with Gasteiger partial charge in [0.1, 0.15) is 24.2 Å². The van der Waals surface area contributed by atoms with E-state index in [0.717, 1.165) is 221 Å². The number of hydrogen-bond donors (Lipinski definition) is 2. The predicted octanol–water partition coefficient (Wildman–Crippen LogP) is 10.5. The van der Waals surface area contributed by atoms with E-state index in [1.165, 1.54) is 78.8 Å². The fraction of sp³-hybridized carbons (Fsp3) is 0.513. The Labute approximate surface area is 599 Å². The molecule has 544 valence electrons. The zero-order valence-corrected chi connectivity index (χ0v) is 60.3. The van der Waals surface area contributed by atoms with Gasteiger partial charge in [0, 0.05) is 154 Å². The van der Waals surface area contributed by atoms with Gasteiger partial charge in [0.25, 0.3) is 0 Å². The highest BCUT2D eigenvalue weighted by Crippen LogP contribution is 2.32. The predicted molar refractivity (Wildman–Crippen MR) is 399 cm³/mol. The summed E-state index contributed by atoms with van der Waals surface area (Å²) in [6.07, 6.45) is 16.3.